The van der Waals surface area contributed by atoms with Crippen LogP contribution < -0.4 is 24.8 Å². The molecule has 164 valence electrons. The molecule has 2 N–H and O–H groups in total. The quantitative estimate of drug-likeness (QED) is 0.281. The number of aromatic nitrogens is 1. The molecular weight excluding hydrogens is 495 g/mol. The van der Waals surface area contributed by atoms with Crippen LogP contribution in [0.25, 0.3) is 0 Å². The molecule has 8 heteroatoms. The largest absolute Gasteiger partial charge is 0.493 e. The van der Waals surface area contributed by atoms with Crippen LogP contribution in [0.2, 0.25) is 0 Å². The molecule has 3 rings (SSSR count). The number of aliphatic imine (C=N–C) groups is 1. The van der Waals surface area contributed by atoms with Crippen molar-refractivity contribution in [2.45, 2.75) is 25.8 Å². The minimum absolute atomic E-state index is 0. The van der Waals surface area contributed by atoms with Crippen LogP contribution in [0.5, 0.6) is 17.4 Å². The number of ether oxygens (including phenoxy) is 3. The molecule has 1 fully saturated rings. The average molecular weight is 526 g/mol. The lowest BCUT2D eigenvalue weighted by Crippen LogP contribution is -2.37. The molecule has 0 bridgehead atoms. The summed E-state index contributed by atoms with van der Waals surface area (Å²) in [5.74, 6) is 3.65. The fourth-order valence-electron chi connectivity index (χ4n) is 2.86. The van der Waals surface area contributed by atoms with Crippen molar-refractivity contribution in [3.05, 3.63) is 47.7 Å². The zero-order valence-electron chi connectivity index (χ0n) is 17.8. The number of benzene rings is 1. The van der Waals surface area contributed by atoms with Crippen LogP contribution in [-0.4, -0.2) is 45.4 Å². The fraction of sp³-hybridized carbons (Fsp3) is 0.455. The van der Waals surface area contributed by atoms with Crippen molar-refractivity contribution in [3.63, 3.8) is 0 Å². The third-order valence-corrected chi connectivity index (χ3v) is 4.80. The van der Waals surface area contributed by atoms with Crippen molar-refractivity contribution in [1.82, 2.24) is 15.6 Å². The van der Waals surface area contributed by atoms with E-state index >= 15 is 0 Å². The van der Waals surface area contributed by atoms with Gasteiger partial charge in [-0.3, -0.25) is 4.99 Å². The summed E-state index contributed by atoms with van der Waals surface area (Å²) >= 11 is 0. The molecule has 0 unspecified atom stereocenters. The topological polar surface area (TPSA) is 77.0 Å². The monoisotopic (exact) mass is 526 g/mol. The van der Waals surface area contributed by atoms with E-state index in [4.69, 9.17) is 14.2 Å². The van der Waals surface area contributed by atoms with Gasteiger partial charge in [-0.25, -0.2) is 4.98 Å². The van der Waals surface area contributed by atoms with Crippen LogP contribution in [0.3, 0.4) is 0 Å². The highest BCUT2D eigenvalue weighted by Gasteiger charge is 2.22. The first-order valence-electron chi connectivity index (χ1n) is 9.95. The lowest BCUT2D eigenvalue weighted by Gasteiger charge is -2.13. The SMILES string of the molecule is CN=C(NCCc1ccc(OC)c(OC)c1)NCc1ccc(OCC2CC2)nc1.I. The molecule has 1 heterocycles. The Morgan fingerprint density at radius 3 is 2.47 bits per heavy atom. The van der Waals surface area contributed by atoms with Gasteiger partial charge in [0, 0.05) is 32.4 Å². The van der Waals surface area contributed by atoms with E-state index in [1.807, 2.05) is 36.5 Å². The number of methoxy groups -OCH3 is 2. The summed E-state index contributed by atoms with van der Waals surface area (Å²) in [5, 5.41) is 6.63. The summed E-state index contributed by atoms with van der Waals surface area (Å²) in [7, 11) is 5.05. The molecule has 1 aromatic carbocycles. The van der Waals surface area contributed by atoms with Crippen LogP contribution >= 0.6 is 24.0 Å². The van der Waals surface area contributed by atoms with Gasteiger partial charge in [-0.05, 0) is 48.4 Å². The molecule has 7 nitrogen and oxygen atoms in total. The molecule has 0 aliphatic heterocycles. The second kappa shape index (κ2) is 12.5. The highest BCUT2D eigenvalue weighted by molar-refractivity contribution is 14.0. The Labute approximate surface area is 195 Å². The van der Waals surface area contributed by atoms with Gasteiger partial charge < -0.3 is 24.8 Å². The highest BCUT2D eigenvalue weighted by Crippen LogP contribution is 2.29. The Kier molecular flexibility index (Phi) is 9.99. The van der Waals surface area contributed by atoms with Crippen molar-refractivity contribution >= 4 is 29.9 Å². The van der Waals surface area contributed by atoms with Gasteiger partial charge in [0.25, 0.3) is 0 Å². The number of hydrogen-bond acceptors (Lipinski definition) is 5. The van der Waals surface area contributed by atoms with E-state index in [2.05, 4.69) is 20.6 Å². The van der Waals surface area contributed by atoms with Gasteiger partial charge in [-0.15, -0.1) is 24.0 Å². The number of hydrogen-bond donors (Lipinski definition) is 2. The van der Waals surface area contributed by atoms with Crippen molar-refractivity contribution in [1.29, 1.82) is 0 Å². The molecule has 0 radical (unpaired) electrons. The van der Waals surface area contributed by atoms with Crippen LogP contribution in [-0.2, 0) is 13.0 Å². The van der Waals surface area contributed by atoms with E-state index in [-0.39, 0.29) is 24.0 Å². The van der Waals surface area contributed by atoms with Gasteiger partial charge in [-0.1, -0.05) is 12.1 Å². The average Bonchev–Trinajstić information content (AvgIpc) is 3.59. The van der Waals surface area contributed by atoms with Crippen LogP contribution in [0, 0.1) is 5.92 Å². The predicted octanol–water partition coefficient (Wildman–Crippen LogP) is 3.41. The van der Waals surface area contributed by atoms with Gasteiger partial charge in [0.05, 0.1) is 20.8 Å². The molecule has 1 aromatic heterocycles. The third-order valence-electron chi connectivity index (χ3n) is 4.80. The fourth-order valence-corrected chi connectivity index (χ4v) is 2.86. The third kappa shape index (κ3) is 7.55. The normalized spacial score (nSPS) is 13.2. The second-order valence-corrected chi connectivity index (χ2v) is 7.05. The Hall–Kier alpha value is -2.23. The molecule has 1 saturated carbocycles. The molecule has 0 amide bonds. The Bertz CT molecular complexity index is 811. The molecule has 30 heavy (non-hydrogen) atoms. The van der Waals surface area contributed by atoms with E-state index in [9.17, 15) is 0 Å². The summed E-state index contributed by atoms with van der Waals surface area (Å²) in [6.07, 6.45) is 5.24. The lowest BCUT2D eigenvalue weighted by atomic mass is 10.1. The second-order valence-electron chi connectivity index (χ2n) is 7.05. The zero-order chi connectivity index (χ0) is 20.5. The number of nitrogens with one attached hydrogen (secondary N) is 2. The van der Waals surface area contributed by atoms with Gasteiger partial charge in [-0.2, -0.15) is 0 Å². The molecule has 0 atom stereocenters. The van der Waals surface area contributed by atoms with Crippen molar-refractivity contribution in [3.8, 4) is 17.4 Å². The lowest BCUT2D eigenvalue weighted by molar-refractivity contribution is 0.288. The Morgan fingerprint density at radius 2 is 1.83 bits per heavy atom. The molecule has 1 aliphatic rings. The molecule has 0 saturated heterocycles. The van der Waals surface area contributed by atoms with Crippen molar-refractivity contribution in [2.24, 2.45) is 10.9 Å². The predicted molar refractivity (Wildman–Crippen MR) is 129 cm³/mol. The summed E-state index contributed by atoms with van der Waals surface area (Å²) in [4.78, 5) is 8.64. The molecule has 2 aromatic rings. The van der Waals surface area contributed by atoms with Gasteiger partial charge >= 0.3 is 0 Å². The smallest absolute Gasteiger partial charge is 0.213 e. The van der Waals surface area contributed by atoms with E-state index in [1.165, 1.54) is 12.8 Å². The molecule has 0 spiro atoms. The first kappa shape index (κ1) is 24.0. The maximum Gasteiger partial charge on any atom is 0.213 e. The minimum Gasteiger partial charge on any atom is -0.493 e. The minimum atomic E-state index is 0. The standard InChI is InChI=1S/C22H30N4O3.HI/c1-23-22(24-11-10-16-6-8-19(27-2)20(12-16)28-3)26-14-18-7-9-21(25-13-18)29-15-17-4-5-17;/h6-9,12-13,17H,4-5,10-11,14-15H2,1-3H3,(H2,23,24,26);1H. The van der Waals surface area contributed by atoms with Crippen molar-refractivity contribution in [2.75, 3.05) is 34.4 Å². The maximum atomic E-state index is 5.67. The number of rotatable bonds is 10. The first-order valence-corrected chi connectivity index (χ1v) is 9.95. The first-order chi connectivity index (χ1) is 14.2. The van der Waals surface area contributed by atoms with Crippen LogP contribution in [0.15, 0.2) is 41.5 Å². The van der Waals surface area contributed by atoms with Gasteiger partial charge in [0.2, 0.25) is 5.88 Å². The number of halogens is 1. The maximum absolute atomic E-state index is 5.67. The summed E-state index contributed by atoms with van der Waals surface area (Å²) < 4.78 is 16.3. The number of nitrogens with zero attached hydrogens (tertiary/aromatic N) is 2. The van der Waals surface area contributed by atoms with E-state index in [0.717, 1.165) is 54.1 Å². The highest BCUT2D eigenvalue weighted by atomic mass is 127. The molecular formula is C22H31IN4O3. The van der Waals surface area contributed by atoms with E-state index in [1.54, 1.807) is 21.3 Å². The summed E-state index contributed by atoms with van der Waals surface area (Å²) in [6.45, 7) is 2.18. The van der Waals surface area contributed by atoms with E-state index in [0.29, 0.717) is 12.4 Å². The molecule has 1 aliphatic carbocycles. The van der Waals surface area contributed by atoms with Crippen LogP contribution in [0.1, 0.15) is 24.0 Å². The zero-order valence-corrected chi connectivity index (χ0v) is 20.1. The Balaban J connectivity index is 0.00000320. The Morgan fingerprint density at radius 1 is 1.07 bits per heavy atom. The summed E-state index contributed by atoms with van der Waals surface area (Å²) in [6, 6.07) is 9.91. The van der Waals surface area contributed by atoms with Crippen molar-refractivity contribution < 1.29 is 14.2 Å². The summed E-state index contributed by atoms with van der Waals surface area (Å²) in [5.41, 5.74) is 2.24. The number of guanidine groups is 1. The van der Waals surface area contributed by atoms with E-state index < -0.39 is 0 Å². The number of pyridine rings is 1. The van der Waals surface area contributed by atoms with Gasteiger partial charge in [0.1, 0.15) is 0 Å². The van der Waals surface area contributed by atoms with Crippen LogP contribution in [0.4, 0.5) is 0 Å². The van der Waals surface area contributed by atoms with Gasteiger partial charge in [0.15, 0.2) is 17.5 Å².